The predicted molar refractivity (Wildman–Crippen MR) is 81.6 cm³/mol. The van der Waals surface area contributed by atoms with E-state index in [9.17, 15) is 10.1 Å². The topological polar surface area (TPSA) is 55.2 Å². The molecule has 0 saturated heterocycles. The minimum atomic E-state index is -0.490. The van der Waals surface area contributed by atoms with Crippen molar-refractivity contribution in [1.82, 2.24) is 0 Å². The van der Waals surface area contributed by atoms with Crippen LogP contribution in [0.1, 0.15) is 11.1 Å². The molecule has 0 unspecified atom stereocenters. The third-order valence-corrected chi connectivity index (χ3v) is 3.69. The van der Waals surface area contributed by atoms with Crippen molar-refractivity contribution in [2.45, 2.75) is 13.5 Å². The van der Waals surface area contributed by atoms with Crippen molar-refractivity contribution < 1.29 is 4.92 Å². The maximum atomic E-state index is 10.8. The zero-order chi connectivity index (χ0) is 14.7. The molecule has 2 rings (SSSR count). The quantitative estimate of drug-likeness (QED) is 0.650. The molecule has 0 aliphatic heterocycles. The van der Waals surface area contributed by atoms with Crippen LogP contribution in [0, 0.1) is 17.0 Å². The second-order valence-corrected chi connectivity index (χ2v) is 5.12. The zero-order valence-electron chi connectivity index (χ0n) is 10.7. The third kappa shape index (κ3) is 3.21. The Morgan fingerprint density at radius 3 is 2.65 bits per heavy atom. The molecule has 0 bridgehead atoms. The van der Waals surface area contributed by atoms with Crippen molar-refractivity contribution in [3.63, 3.8) is 0 Å². The van der Waals surface area contributed by atoms with Gasteiger partial charge in [-0.05, 0) is 36.2 Å². The van der Waals surface area contributed by atoms with E-state index in [0.717, 1.165) is 16.8 Å². The van der Waals surface area contributed by atoms with Crippen LogP contribution in [0.15, 0.2) is 36.4 Å². The minimum Gasteiger partial charge on any atom is -0.381 e. The first-order chi connectivity index (χ1) is 9.49. The molecule has 0 saturated carbocycles. The fraction of sp³-hybridized carbons (Fsp3) is 0.143. The Hall–Kier alpha value is -1.78. The van der Waals surface area contributed by atoms with E-state index in [4.69, 9.17) is 23.2 Å². The molecule has 0 heterocycles. The molecule has 0 radical (unpaired) electrons. The van der Waals surface area contributed by atoms with Crippen molar-refractivity contribution in [3.8, 4) is 0 Å². The molecule has 2 aromatic carbocycles. The lowest BCUT2D eigenvalue weighted by Gasteiger charge is -2.10. The van der Waals surface area contributed by atoms with Crippen molar-refractivity contribution in [1.29, 1.82) is 0 Å². The molecule has 0 spiro atoms. The minimum absolute atomic E-state index is 0.0891. The molecule has 20 heavy (non-hydrogen) atoms. The van der Waals surface area contributed by atoms with Gasteiger partial charge < -0.3 is 5.32 Å². The number of nitro benzene ring substituents is 1. The SMILES string of the molecule is Cc1c(Cl)cccc1NCc1ccc(Cl)c([N+](=O)[O-])c1. The lowest BCUT2D eigenvalue weighted by Crippen LogP contribution is -2.02. The van der Waals surface area contributed by atoms with Gasteiger partial charge in [0, 0.05) is 23.3 Å². The van der Waals surface area contributed by atoms with Crippen LogP contribution in [0.25, 0.3) is 0 Å². The fourth-order valence-electron chi connectivity index (χ4n) is 1.80. The van der Waals surface area contributed by atoms with Gasteiger partial charge in [0.1, 0.15) is 5.02 Å². The monoisotopic (exact) mass is 310 g/mol. The molecule has 6 heteroatoms. The highest BCUT2D eigenvalue weighted by Crippen LogP contribution is 2.27. The number of nitro groups is 1. The largest absolute Gasteiger partial charge is 0.381 e. The summed E-state index contributed by atoms with van der Waals surface area (Å²) < 4.78 is 0. The standard InChI is InChI=1S/C14H12Cl2N2O2/c1-9-11(15)3-2-4-13(9)17-8-10-5-6-12(16)14(7-10)18(19)20/h2-7,17H,8H2,1H3. The lowest BCUT2D eigenvalue weighted by atomic mass is 10.1. The van der Waals surface area contributed by atoms with Crippen LogP contribution >= 0.6 is 23.2 Å². The highest BCUT2D eigenvalue weighted by atomic mass is 35.5. The van der Waals surface area contributed by atoms with Gasteiger partial charge in [-0.3, -0.25) is 10.1 Å². The molecule has 0 aromatic heterocycles. The van der Waals surface area contributed by atoms with Gasteiger partial charge in [-0.15, -0.1) is 0 Å². The number of anilines is 1. The number of hydrogen-bond donors (Lipinski definition) is 1. The molecular weight excluding hydrogens is 299 g/mol. The van der Waals surface area contributed by atoms with E-state index in [-0.39, 0.29) is 10.7 Å². The van der Waals surface area contributed by atoms with E-state index in [2.05, 4.69) is 5.32 Å². The second-order valence-electron chi connectivity index (χ2n) is 4.31. The first-order valence-corrected chi connectivity index (χ1v) is 6.66. The van der Waals surface area contributed by atoms with E-state index in [1.807, 2.05) is 25.1 Å². The molecular formula is C14H12Cl2N2O2. The van der Waals surface area contributed by atoms with E-state index < -0.39 is 4.92 Å². The number of hydrogen-bond acceptors (Lipinski definition) is 3. The summed E-state index contributed by atoms with van der Waals surface area (Å²) in [6.45, 7) is 2.37. The number of benzene rings is 2. The van der Waals surface area contributed by atoms with Gasteiger partial charge in [0.2, 0.25) is 0 Å². The normalized spacial score (nSPS) is 10.3. The highest BCUT2D eigenvalue weighted by Gasteiger charge is 2.12. The summed E-state index contributed by atoms with van der Waals surface area (Å²) in [4.78, 5) is 10.3. The molecule has 4 nitrogen and oxygen atoms in total. The molecule has 0 atom stereocenters. The fourth-order valence-corrected chi connectivity index (χ4v) is 2.17. The Kier molecular flexibility index (Phi) is 4.47. The van der Waals surface area contributed by atoms with Gasteiger partial charge in [0.25, 0.3) is 5.69 Å². The van der Waals surface area contributed by atoms with Crippen LogP contribution < -0.4 is 5.32 Å². The Labute approximate surface area is 126 Å². The summed E-state index contributed by atoms with van der Waals surface area (Å²) in [5, 5.41) is 14.9. The van der Waals surface area contributed by atoms with E-state index in [0.29, 0.717) is 11.6 Å². The molecule has 0 fully saturated rings. The van der Waals surface area contributed by atoms with Gasteiger partial charge in [0.05, 0.1) is 4.92 Å². The first kappa shape index (κ1) is 14.6. The van der Waals surface area contributed by atoms with Gasteiger partial charge in [0.15, 0.2) is 0 Å². The van der Waals surface area contributed by atoms with Crippen molar-refractivity contribution >= 4 is 34.6 Å². The summed E-state index contributed by atoms with van der Waals surface area (Å²) in [6, 6.07) is 10.3. The molecule has 0 amide bonds. The van der Waals surface area contributed by atoms with Gasteiger partial charge in [-0.25, -0.2) is 0 Å². The zero-order valence-corrected chi connectivity index (χ0v) is 12.2. The van der Waals surface area contributed by atoms with Crippen molar-refractivity contribution in [3.05, 3.63) is 67.7 Å². The summed E-state index contributed by atoms with van der Waals surface area (Å²) >= 11 is 11.8. The van der Waals surface area contributed by atoms with Gasteiger partial charge in [-0.2, -0.15) is 0 Å². The Morgan fingerprint density at radius 2 is 1.95 bits per heavy atom. The summed E-state index contributed by atoms with van der Waals surface area (Å²) in [5.41, 5.74) is 2.53. The number of nitrogens with zero attached hydrogens (tertiary/aromatic N) is 1. The maximum absolute atomic E-state index is 10.8. The van der Waals surface area contributed by atoms with Crippen LogP contribution in [0.5, 0.6) is 0 Å². The smallest absolute Gasteiger partial charge is 0.288 e. The molecule has 0 aliphatic rings. The predicted octanol–water partition coefficient (Wildman–Crippen LogP) is 4.82. The van der Waals surface area contributed by atoms with Gasteiger partial charge in [-0.1, -0.05) is 35.3 Å². The summed E-state index contributed by atoms with van der Waals surface area (Å²) in [5.74, 6) is 0. The van der Waals surface area contributed by atoms with E-state index >= 15 is 0 Å². The average molecular weight is 311 g/mol. The number of nitrogens with one attached hydrogen (secondary N) is 1. The van der Waals surface area contributed by atoms with E-state index in [1.165, 1.54) is 12.1 Å². The van der Waals surface area contributed by atoms with Crippen LogP contribution in [0.3, 0.4) is 0 Å². The summed E-state index contributed by atoms with van der Waals surface area (Å²) in [7, 11) is 0. The van der Waals surface area contributed by atoms with E-state index in [1.54, 1.807) is 6.07 Å². The number of halogens is 2. The molecule has 104 valence electrons. The second kappa shape index (κ2) is 6.11. The van der Waals surface area contributed by atoms with Gasteiger partial charge >= 0.3 is 0 Å². The molecule has 0 aliphatic carbocycles. The lowest BCUT2D eigenvalue weighted by molar-refractivity contribution is -0.384. The average Bonchev–Trinajstić information content (AvgIpc) is 2.41. The first-order valence-electron chi connectivity index (χ1n) is 5.91. The highest BCUT2D eigenvalue weighted by molar-refractivity contribution is 6.32. The Balaban J connectivity index is 2.17. The molecule has 1 N–H and O–H groups in total. The van der Waals surface area contributed by atoms with Crippen molar-refractivity contribution in [2.24, 2.45) is 0 Å². The van der Waals surface area contributed by atoms with Crippen LogP contribution in [-0.2, 0) is 6.54 Å². The Morgan fingerprint density at radius 1 is 1.20 bits per heavy atom. The van der Waals surface area contributed by atoms with Crippen LogP contribution in [0.4, 0.5) is 11.4 Å². The molecule has 2 aromatic rings. The van der Waals surface area contributed by atoms with Crippen LogP contribution in [0.2, 0.25) is 10.0 Å². The third-order valence-electron chi connectivity index (χ3n) is 2.96. The number of rotatable bonds is 4. The van der Waals surface area contributed by atoms with Crippen molar-refractivity contribution in [2.75, 3.05) is 5.32 Å². The Bertz CT molecular complexity index is 660. The van der Waals surface area contributed by atoms with Crippen LogP contribution in [-0.4, -0.2) is 4.92 Å². The summed E-state index contributed by atoms with van der Waals surface area (Å²) in [6.07, 6.45) is 0. The maximum Gasteiger partial charge on any atom is 0.288 e.